The lowest BCUT2D eigenvalue weighted by Gasteiger charge is -2.20. The second kappa shape index (κ2) is 18.7. The van der Waals surface area contributed by atoms with Gasteiger partial charge in [0.2, 0.25) is 5.91 Å². The average molecular weight is 474 g/mol. The number of rotatable bonds is 18. The zero-order valence-electron chi connectivity index (χ0n) is 22.2. The number of allylic oxidation sites excluding steroid dienone is 4. The fourth-order valence-corrected chi connectivity index (χ4v) is 4.26. The Morgan fingerprint density at radius 1 is 0.771 bits per heavy atom. The van der Waals surface area contributed by atoms with E-state index in [1.54, 1.807) is 0 Å². The van der Waals surface area contributed by atoms with E-state index in [0.29, 0.717) is 6.42 Å². The average Bonchev–Trinajstić information content (AvgIpc) is 2.88. The Bertz CT molecular complexity index is 850. The smallest absolute Gasteiger partial charge is 0.220 e. The first-order chi connectivity index (χ1) is 17.2. The van der Waals surface area contributed by atoms with Crippen LogP contribution < -0.4 is 5.32 Å². The van der Waals surface area contributed by atoms with Gasteiger partial charge in [-0.25, -0.2) is 0 Å². The first-order valence-corrected chi connectivity index (χ1v) is 13.9. The molecule has 0 aliphatic carbocycles. The molecule has 2 aromatic carbocycles. The minimum atomic E-state index is 0.0179. The maximum atomic E-state index is 12.7. The molecule has 0 saturated carbocycles. The third kappa shape index (κ3) is 13.8. The molecule has 0 bridgehead atoms. The Morgan fingerprint density at radius 3 is 2.09 bits per heavy atom. The number of benzene rings is 2. The number of unbranched alkanes of at least 4 members (excludes halogenated alkanes) is 8. The van der Waals surface area contributed by atoms with E-state index in [1.807, 2.05) is 18.2 Å². The first-order valence-electron chi connectivity index (χ1n) is 13.9. The van der Waals surface area contributed by atoms with E-state index >= 15 is 0 Å². The molecule has 1 amide bonds. The molecule has 190 valence electrons. The van der Waals surface area contributed by atoms with Crippen LogP contribution in [0.25, 0.3) is 0 Å². The van der Waals surface area contributed by atoms with Crippen molar-refractivity contribution in [1.29, 1.82) is 0 Å². The topological polar surface area (TPSA) is 29.1 Å². The summed E-state index contributed by atoms with van der Waals surface area (Å²) in [6, 6.07) is 19.0. The van der Waals surface area contributed by atoms with Crippen LogP contribution in [0, 0.1) is 6.92 Å². The Kier molecular flexibility index (Phi) is 15.3. The number of nitrogens with one attached hydrogen (secondary N) is 1. The number of carbonyl (C=O) groups excluding carboxylic acids is 1. The summed E-state index contributed by atoms with van der Waals surface area (Å²) in [5.74, 6) is 0.164. The van der Waals surface area contributed by atoms with Crippen molar-refractivity contribution in [3.8, 4) is 0 Å². The molecule has 1 atom stereocenters. The molecule has 2 rings (SSSR count). The van der Waals surface area contributed by atoms with Gasteiger partial charge in [0.25, 0.3) is 0 Å². The van der Waals surface area contributed by atoms with Crippen LogP contribution in [-0.2, 0) is 11.2 Å². The quantitative estimate of drug-likeness (QED) is 0.170. The maximum absolute atomic E-state index is 12.7. The van der Waals surface area contributed by atoms with Gasteiger partial charge in [-0.2, -0.15) is 0 Å². The Hall–Kier alpha value is -2.61. The summed E-state index contributed by atoms with van der Waals surface area (Å²) in [6.45, 7) is 4.35. The van der Waals surface area contributed by atoms with Crippen molar-refractivity contribution < 1.29 is 4.79 Å². The van der Waals surface area contributed by atoms with Gasteiger partial charge in [0.15, 0.2) is 0 Å². The summed E-state index contributed by atoms with van der Waals surface area (Å²) in [6.07, 6.45) is 23.9. The third-order valence-electron chi connectivity index (χ3n) is 6.45. The SMILES string of the molecule is CCCCC/C=C/C/C=C\CCCCCCCC(=O)N[C@H](Cc1ccc(C)cc1)c1ccccc1. The lowest BCUT2D eigenvalue weighted by Crippen LogP contribution is -2.29. The first kappa shape index (κ1) is 28.6. The Labute approximate surface area is 214 Å². The summed E-state index contributed by atoms with van der Waals surface area (Å²) in [4.78, 5) is 12.7. The summed E-state index contributed by atoms with van der Waals surface area (Å²) < 4.78 is 0. The van der Waals surface area contributed by atoms with E-state index in [0.717, 1.165) is 25.7 Å². The molecule has 0 spiro atoms. The number of amides is 1. The van der Waals surface area contributed by atoms with Crippen molar-refractivity contribution >= 4 is 5.91 Å². The van der Waals surface area contributed by atoms with Crippen LogP contribution in [0.15, 0.2) is 78.9 Å². The number of hydrogen-bond acceptors (Lipinski definition) is 1. The predicted molar refractivity (Wildman–Crippen MR) is 152 cm³/mol. The van der Waals surface area contributed by atoms with Crippen LogP contribution in [-0.4, -0.2) is 5.91 Å². The van der Waals surface area contributed by atoms with Gasteiger partial charge in [-0.1, -0.05) is 123 Å². The van der Waals surface area contributed by atoms with Crippen molar-refractivity contribution in [2.75, 3.05) is 0 Å². The van der Waals surface area contributed by atoms with Crippen molar-refractivity contribution in [3.05, 3.63) is 95.6 Å². The van der Waals surface area contributed by atoms with Gasteiger partial charge in [-0.05, 0) is 63.0 Å². The highest BCUT2D eigenvalue weighted by atomic mass is 16.1. The molecule has 1 N–H and O–H groups in total. The molecule has 35 heavy (non-hydrogen) atoms. The van der Waals surface area contributed by atoms with Crippen molar-refractivity contribution in [1.82, 2.24) is 5.32 Å². The minimum Gasteiger partial charge on any atom is -0.349 e. The maximum Gasteiger partial charge on any atom is 0.220 e. The van der Waals surface area contributed by atoms with Gasteiger partial charge in [0.05, 0.1) is 6.04 Å². The van der Waals surface area contributed by atoms with Gasteiger partial charge in [-0.15, -0.1) is 0 Å². The highest BCUT2D eigenvalue weighted by Gasteiger charge is 2.15. The summed E-state index contributed by atoms with van der Waals surface area (Å²) in [5, 5.41) is 3.29. The molecule has 0 radical (unpaired) electrons. The lowest BCUT2D eigenvalue weighted by molar-refractivity contribution is -0.122. The van der Waals surface area contributed by atoms with Gasteiger partial charge in [0, 0.05) is 6.42 Å². The molecular weight excluding hydrogens is 426 g/mol. The highest BCUT2D eigenvalue weighted by Crippen LogP contribution is 2.19. The van der Waals surface area contributed by atoms with Crippen LogP contribution in [0.4, 0.5) is 0 Å². The zero-order valence-corrected chi connectivity index (χ0v) is 22.2. The monoisotopic (exact) mass is 473 g/mol. The second-order valence-corrected chi connectivity index (χ2v) is 9.70. The van der Waals surface area contributed by atoms with Crippen LogP contribution in [0.3, 0.4) is 0 Å². The van der Waals surface area contributed by atoms with E-state index < -0.39 is 0 Å². The van der Waals surface area contributed by atoms with Crippen molar-refractivity contribution in [2.45, 2.75) is 103 Å². The van der Waals surface area contributed by atoms with Crippen LogP contribution in [0.2, 0.25) is 0 Å². The van der Waals surface area contributed by atoms with Crippen LogP contribution in [0.1, 0.15) is 107 Å². The van der Waals surface area contributed by atoms with Crippen molar-refractivity contribution in [2.24, 2.45) is 0 Å². The molecule has 0 unspecified atom stereocenters. The molecule has 0 heterocycles. The molecular formula is C33H47NO. The van der Waals surface area contributed by atoms with Crippen molar-refractivity contribution in [3.63, 3.8) is 0 Å². The van der Waals surface area contributed by atoms with Gasteiger partial charge in [-0.3, -0.25) is 4.79 Å². The van der Waals surface area contributed by atoms with Crippen LogP contribution in [0.5, 0.6) is 0 Å². The van der Waals surface area contributed by atoms with Gasteiger partial charge < -0.3 is 5.32 Å². The predicted octanol–water partition coefficient (Wildman–Crippen LogP) is 9.21. The molecule has 0 saturated heterocycles. The molecule has 0 fully saturated rings. The number of carbonyl (C=O) groups is 1. The molecule has 2 aromatic rings. The Morgan fingerprint density at radius 2 is 1.40 bits per heavy atom. The fourth-order valence-electron chi connectivity index (χ4n) is 4.26. The van der Waals surface area contributed by atoms with E-state index in [4.69, 9.17) is 0 Å². The molecule has 0 aliphatic heterocycles. The van der Waals surface area contributed by atoms with Crippen LogP contribution >= 0.6 is 0 Å². The molecule has 0 aromatic heterocycles. The molecule has 2 nitrogen and oxygen atoms in total. The largest absolute Gasteiger partial charge is 0.349 e. The standard InChI is InChI=1S/C33H47NO/c1-3-4-5-6-7-8-9-10-11-12-13-14-15-16-20-23-33(35)34-32(31-21-18-17-19-22-31)28-30-26-24-29(2)25-27-30/h7-8,10-11,17-19,21-22,24-27,32H,3-6,9,12-16,20,23,28H2,1-2H3,(H,34,35)/b8-7+,11-10-/t32-/m1/s1. The molecule has 0 aliphatic rings. The van der Waals surface area contributed by atoms with E-state index in [2.05, 4.69) is 79.9 Å². The molecule has 2 heteroatoms. The van der Waals surface area contributed by atoms with Gasteiger partial charge in [0.1, 0.15) is 0 Å². The van der Waals surface area contributed by atoms with E-state index in [1.165, 1.54) is 68.1 Å². The number of hydrogen-bond donors (Lipinski definition) is 1. The lowest BCUT2D eigenvalue weighted by atomic mass is 9.98. The second-order valence-electron chi connectivity index (χ2n) is 9.70. The summed E-state index contributed by atoms with van der Waals surface area (Å²) >= 11 is 0. The number of aryl methyl sites for hydroxylation is 1. The van der Waals surface area contributed by atoms with E-state index in [9.17, 15) is 4.79 Å². The summed E-state index contributed by atoms with van der Waals surface area (Å²) in [7, 11) is 0. The summed E-state index contributed by atoms with van der Waals surface area (Å²) in [5.41, 5.74) is 3.68. The fraction of sp³-hybridized carbons (Fsp3) is 0.485. The normalized spacial score (nSPS) is 12.4. The Balaban J connectivity index is 1.59. The van der Waals surface area contributed by atoms with E-state index in [-0.39, 0.29) is 11.9 Å². The third-order valence-corrected chi connectivity index (χ3v) is 6.45. The van der Waals surface area contributed by atoms with Gasteiger partial charge >= 0.3 is 0 Å². The minimum absolute atomic E-state index is 0.0179. The zero-order chi connectivity index (χ0) is 25.0. The highest BCUT2D eigenvalue weighted by molar-refractivity contribution is 5.76.